The van der Waals surface area contributed by atoms with Crippen molar-refractivity contribution in [2.75, 3.05) is 32.8 Å². The molecule has 19 heteroatoms. The molecule has 1 aliphatic rings. The van der Waals surface area contributed by atoms with E-state index < -0.39 is 59.5 Å². The number of allylic oxidation sites excluding steroid dienone is 1. The number of hydrogen-bond donors (Lipinski definition) is 8. The third kappa shape index (κ3) is 17.5. The number of rotatable bonds is 22. The summed E-state index contributed by atoms with van der Waals surface area (Å²) in [6, 6.07) is -3.01. The second-order valence-electron chi connectivity index (χ2n) is 12.3. The summed E-state index contributed by atoms with van der Waals surface area (Å²) in [4.78, 5) is 86.0. The Hall–Kier alpha value is -4.69. The van der Waals surface area contributed by atoms with E-state index in [1.807, 2.05) is 0 Å². The lowest BCUT2D eigenvalue weighted by Crippen LogP contribution is -2.61. The molecule has 3 atom stereocenters. The van der Waals surface area contributed by atoms with Crippen LogP contribution in [0.1, 0.15) is 79.1 Å². The topological polar surface area (TPSA) is 276 Å². The van der Waals surface area contributed by atoms with E-state index in [2.05, 4.69) is 16.0 Å². The van der Waals surface area contributed by atoms with E-state index in [4.69, 9.17) is 14.9 Å². The van der Waals surface area contributed by atoms with Gasteiger partial charge in [0.25, 0.3) is 17.7 Å². The van der Waals surface area contributed by atoms with Crippen LogP contribution >= 0.6 is 0 Å². The average Bonchev–Trinajstić information content (AvgIpc) is 3.05. The number of hydrogen-bond acceptors (Lipinski definition) is 13. The van der Waals surface area contributed by atoms with Gasteiger partial charge in [-0.15, -0.1) is 0 Å². The molecule has 0 radical (unpaired) electrons. The van der Waals surface area contributed by atoms with Crippen LogP contribution in [0.3, 0.4) is 0 Å². The molecule has 0 bridgehead atoms. The summed E-state index contributed by atoms with van der Waals surface area (Å²) >= 11 is 0. The predicted molar refractivity (Wildman–Crippen MR) is 180 cm³/mol. The molecule has 0 spiro atoms. The number of aliphatic hydroxyl groups is 2. The highest BCUT2D eigenvalue weighted by molar-refractivity contribution is 5.97. The number of nitrogens with one attached hydrogen (secondary N) is 3. The lowest BCUT2D eigenvalue weighted by atomic mass is 10.0. The van der Waals surface area contributed by atoms with Crippen molar-refractivity contribution in [1.82, 2.24) is 31.1 Å². The summed E-state index contributed by atoms with van der Waals surface area (Å²) in [5.74, 6) is -5.00. The molecule has 1 rings (SSSR count). The minimum Gasteiger partial charge on any atom is -0.430 e. The maximum absolute atomic E-state index is 12.7. The number of esters is 1. The van der Waals surface area contributed by atoms with Crippen molar-refractivity contribution in [2.45, 2.75) is 97.2 Å². The van der Waals surface area contributed by atoms with Crippen LogP contribution in [0.5, 0.6) is 0 Å². The fourth-order valence-corrected chi connectivity index (χ4v) is 4.82. The Morgan fingerprint density at radius 2 is 1.12 bits per heavy atom. The Labute approximate surface area is 301 Å². The van der Waals surface area contributed by atoms with E-state index in [9.17, 15) is 49.2 Å². The molecule has 0 aromatic rings. The smallest absolute Gasteiger partial charge is 0.333 e. The molecule has 0 saturated carbocycles. The Morgan fingerprint density at radius 1 is 0.712 bits per heavy atom. The van der Waals surface area contributed by atoms with Crippen molar-refractivity contribution in [2.24, 2.45) is 0 Å². The molecule has 292 valence electrons. The molecule has 0 aromatic carbocycles. The quantitative estimate of drug-likeness (QED) is 0.0230. The van der Waals surface area contributed by atoms with Gasteiger partial charge >= 0.3 is 5.97 Å². The molecule has 6 amide bonds. The van der Waals surface area contributed by atoms with Crippen molar-refractivity contribution >= 4 is 41.4 Å². The van der Waals surface area contributed by atoms with Crippen molar-refractivity contribution < 1.29 is 64.1 Å². The van der Waals surface area contributed by atoms with E-state index in [1.54, 1.807) is 13.8 Å². The van der Waals surface area contributed by atoms with Crippen LogP contribution in [-0.4, -0.2) is 133 Å². The van der Waals surface area contributed by atoms with Gasteiger partial charge in [0.1, 0.15) is 23.9 Å². The van der Waals surface area contributed by atoms with Crippen LogP contribution < -0.4 is 16.0 Å². The van der Waals surface area contributed by atoms with Gasteiger partial charge in [-0.05, 0) is 72.1 Å². The number of carbonyl (C=O) groups excluding carboxylic acids is 7. The van der Waals surface area contributed by atoms with Gasteiger partial charge in [0.15, 0.2) is 0 Å². The molecular weight excluding hydrogens is 688 g/mol. The van der Waals surface area contributed by atoms with Crippen molar-refractivity contribution in [3.63, 3.8) is 0 Å². The monoisotopic (exact) mass is 740 g/mol. The molecule has 0 aromatic heterocycles. The summed E-state index contributed by atoms with van der Waals surface area (Å²) < 4.78 is 5.16. The Kier molecular flexibility index (Phi) is 20.7. The third-order valence-corrected chi connectivity index (χ3v) is 7.62. The maximum Gasteiger partial charge on any atom is 0.333 e. The Bertz CT molecular complexity index is 1370. The van der Waals surface area contributed by atoms with E-state index in [0.717, 1.165) is 12.2 Å². The highest BCUT2D eigenvalue weighted by Crippen LogP contribution is 2.11. The van der Waals surface area contributed by atoms with Gasteiger partial charge < -0.3 is 30.9 Å². The van der Waals surface area contributed by atoms with Gasteiger partial charge in [-0.3, -0.25) is 44.4 Å². The van der Waals surface area contributed by atoms with E-state index in [1.165, 1.54) is 19.9 Å². The molecule has 19 nitrogen and oxygen atoms in total. The van der Waals surface area contributed by atoms with Gasteiger partial charge in [-0.1, -0.05) is 11.1 Å². The SMILES string of the molecule is CC(=O)NC(CCCN(O)C(=O)/C=C(\C)CCO)C(=O)O/C(C)=C/C(=O)N(O)CCCC1NC(=O)C(CCCN(O)C(=O)/C=C(\C)CCO)NC1=O. The lowest BCUT2D eigenvalue weighted by molar-refractivity contribution is -0.160. The number of aliphatic hydroxyl groups excluding tert-OH is 2. The molecule has 52 heavy (non-hydrogen) atoms. The van der Waals surface area contributed by atoms with Gasteiger partial charge in [0.05, 0.1) is 0 Å². The Morgan fingerprint density at radius 3 is 1.52 bits per heavy atom. The van der Waals surface area contributed by atoms with Gasteiger partial charge in [-0.2, -0.15) is 0 Å². The van der Waals surface area contributed by atoms with Crippen molar-refractivity contribution in [1.29, 1.82) is 0 Å². The first-order valence-corrected chi connectivity index (χ1v) is 16.8. The van der Waals surface area contributed by atoms with Crippen LogP contribution in [0.4, 0.5) is 0 Å². The lowest BCUT2D eigenvalue weighted by Gasteiger charge is -2.30. The standard InChI is InChI=1S/C33H52N6O13/c1-21(11-16-40)18-28(43)37(49)13-5-8-25-31(46)36-26(32(47)35-25)9-6-14-39(51)30(45)20-23(3)52-33(48)27(34-24(4)42)10-7-15-38(50)29(44)19-22(2)12-17-41/h18-20,25-27,40-41,49-51H,5-17H2,1-4H3,(H,34,42)(H,35,47)(H,36,46)/b21-18+,22-19+,23-20+. The summed E-state index contributed by atoms with van der Waals surface area (Å²) in [6.45, 7) is 4.89. The van der Waals surface area contributed by atoms with Gasteiger partial charge in [-0.25, -0.2) is 20.0 Å². The molecule has 1 aliphatic heterocycles. The minimum absolute atomic E-state index is 0.0337. The van der Waals surface area contributed by atoms with Crippen molar-refractivity contribution in [3.8, 4) is 0 Å². The highest BCUT2D eigenvalue weighted by Gasteiger charge is 2.33. The van der Waals surface area contributed by atoms with Crippen molar-refractivity contribution in [3.05, 3.63) is 35.1 Å². The fraction of sp³-hybridized carbons (Fsp3) is 0.606. The molecule has 1 fully saturated rings. The number of amides is 6. The zero-order chi connectivity index (χ0) is 39.4. The summed E-state index contributed by atoms with van der Waals surface area (Å²) in [6.07, 6.45) is 4.28. The van der Waals surface area contributed by atoms with E-state index >= 15 is 0 Å². The van der Waals surface area contributed by atoms with Crippen LogP contribution in [0, 0.1) is 0 Å². The average molecular weight is 741 g/mol. The van der Waals surface area contributed by atoms with Crippen LogP contribution in [0.15, 0.2) is 35.1 Å². The van der Waals surface area contributed by atoms with Crippen LogP contribution in [-0.2, 0) is 38.3 Å². The summed E-state index contributed by atoms with van der Waals surface area (Å²) in [7, 11) is 0. The number of ether oxygens (including phenoxy) is 1. The first-order chi connectivity index (χ1) is 24.5. The van der Waals surface area contributed by atoms with Crippen LogP contribution in [0.2, 0.25) is 0 Å². The first-order valence-electron chi connectivity index (χ1n) is 16.8. The zero-order valence-corrected chi connectivity index (χ0v) is 30.0. The molecular formula is C33H52N6O13. The Balaban J connectivity index is 2.55. The number of carbonyl (C=O) groups is 7. The number of hydroxylamine groups is 6. The molecule has 8 N–H and O–H groups in total. The molecule has 1 heterocycles. The fourth-order valence-electron chi connectivity index (χ4n) is 4.82. The first kappa shape index (κ1) is 45.3. The van der Waals surface area contributed by atoms with Gasteiger partial charge in [0, 0.05) is 58.0 Å². The maximum atomic E-state index is 12.7. The molecule has 1 saturated heterocycles. The number of nitrogens with zero attached hydrogens (tertiary/aromatic N) is 3. The molecule has 3 unspecified atom stereocenters. The minimum atomic E-state index is -1.18. The normalized spacial score (nSPS) is 17.1. The zero-order valence-electron chi connectivity index (χ0n) is 30.0. The molecule has 0 aliphatic carbocycles. The highest BCUT2D eigenvalue weighted by atomic mass is 16.5. The summed E-state index contributed by atoms with van der Waals surface area (Å²) in [5, 5.41) is 56.7. The van der Waals surface area contributed by atoms with Gasteiger partial charge in [0.2, 0.25) is 17.7 Å². The summed E-state index contributed by atoms with van der Waals surface area (Å²) in [5.41, 5.74) is 1.14. The van der Waals surface area contributed by atoms with Crippen LogP contribution in [0.25, 0.3) is 0 Å². The second kappa shape index (κ2) is 23.7. The third-order valence-electron chi connectivity index (χ3n) is 7.62. The number of piperazine rings is 1. The second-order valence-corrected chi connectivity index (χ2v) is 12.3. The van der Waals surface area contributed by atoms with E-state index in [0.29, 0.717) is 26.3 Å². The predicted octanol–water partition coefficient (Wildman–Crippen LogP) is -0.427. The largest absolute Gasteiger partial charge is 0.430 e. The van der Waals surface area contributed by atoms with E-state index in [-0.39, 0.29) is 90.0 Å².